The van der Waals surface area contributed by atoms with Gasteiger partial charge in [-0.3, -0.25) is 9.36 Å². The maximum absolute atomic E-state index is 12.8. The zero-order valence-corrected chi connectivity index (χ0v) is 15.7. The Bertz CT molecular complexity index is 967. The Labute approximate surface area is 154 Å². The first-order chi connectivity index (χ1) is 12.1. The fraction of sp³-hybridized carbons (Fsp3) is 0.167. The Kier molecular flexibility index (Phi) is 4.93. The second-order valence-corrected chi connectivity index (χ2v) is 7.35. The van der Waals surface area contributed by atoms with Gasteiger partial charge in [0.05, 0.1) is 11.8 Å². The van der Waals surface area contributed by atoms with Gasteiger partial charge >= 0.3 is 0 Å². The minimum atomic E-state index is -0.283. The van der Waals surface area contributed by atoms with Crippen LogP contribution in [0, 0.1) is 25.2 Å². The minimum Gasteiger partial charge on any atom is -0.311 e. The van der Waals surface area contributed by atoms with Gasteiger partial charge in [0.1, 0.15) is 16.8 Å². The lowest BCUT2D eigenvalue weighted by Gasteiger charge is -2.10. The number of hydrogen-bond acceptors (Lipinski definition) is 5. The molecule has 25 heavy (non-hydrogen) atoms. The van der Waals surface area contributed by atoms with Gasteiger partial charge in [-0.05, 0) is 37.8 Å². The van der Waals surface area contributed by atoms with Crippen molar-refractivity contribution in [2.75, 3.05) is 11.6 Å². The van der Waals surface area contributed by atoms with Crippen LogP contribution in [0.15, 0.2) is 41.7 Å². The molecule has 0 atom stereocenters. The Hall–Kier alpha value is -2.56. The highest BCUT2D eigenvalue weighted by Crippen LogP contribution is 2.32. The maximum atomic E-state index is 12.8. The predicted molar refractivity (Wildman–Crippen MR) is 102 cm³/mol. The number of carbonyl (C=O) groups excluding carboxylic acids is 1. The van der Waals surface area contributed by atoms with Crippen molar-refractivity contribution in [3.8, 4) is 11.8 Å². The highest BCUT2D eigenvalue weighted by molar-refractivity contribution is 7.98. The second-order valence-electron chi connectivity index (χ2n) is 5.35. The van der Waals surface area contributed by atoms with Gasteiger partial charge < -0.3 is 5.32 Å². The lowest BCUT2D eigenvalue weighted by atomic mass is 10.2. The van der Waals surface area contributed by atoms with E-state index in [4.69, 9.17) is 0 Å². The van der Waals surface area contributed by atoms with Gasteiger partial charge in [0.2, 0.25) is 0 Å². The average Bonchev–Trinajstić information content (AvgIpc) is 3.17. The van der Waals surface area contributed by atoms with Crippen LogP contribution < -0.4 is 5.32 Å². The van der Waals surface area contributed by atoms with Gasteiger partial charge in [0, 0.05) is 10.6 Å². The Balaban J connectivity index is 2.01. The van der Waals surface area contributed by atoms with E-state index in [-0.39, 0.29) is 5.91 Å². The van der Waals surface area contributed by atoms with Crippen molar-refractivity contribution in [3.05, 3.63) is 58.2 Å². The number of aryl methyl sites for hydroxylation is 1. The number of nitrogens with one attached hydrogen (secondary N) is 1. The maximum Gasteiger partial charge on any atom is 0.274 e. The van der Waals surface area contributed by atoms with Crippen LogP contribution in [0.3, 0.4) is 0 Å². The van der Waals surface area contributed by atoms with Crippen molar-refractivity contribution < 1.29 is 4.79 Å². The average molecular weight is 368 g/mol. The number of amides is 1. The molecule has 0 radical (unpaired) electrons. The summed E-state index contributed by atoms with van der Waals surface area (Å²) < 4.78 is 1.82. The zero-order valence-electron chi connectivity index (χ0n) is 14.0. The number of benzene rings is 1. The predicted octanol–water partition coefficient (Wildman–Crippen LogP) is 4.40. The van der Waals surface area contributed by atoms with Gasteiger partial charge in [0.15, 0.2) is 5.16 Å². The Morgan fingerprint density at radius 3 is 2.68 bits per heavy atom. The molecule has 126 valence electrons. The summed E-state index contributed by atoms with van der Waals surface area (Å²) in [7, 11) is 0. The van der Waals surface area contributed by atoms with E-state index in [9.17, 15) is 10.1 Å². The van der Waals surface area contributed by atoms with Crippen LogP contribution in [0.1, 0.15) is 26.5 Å². The van der Waals surface area contributed by atoms with Crippen LogP contribution in [0.25, 0.3) is 5.69 Å². The largest absolute Gasteiger partial charge is 0.311 e. The second kappa shape index (κ2) is 7.13. The zero-order chi connectivity index (χ0) is 18.0. The van der Waals surface area contributed by atoms with Crippen LogP contribution in [-0.4, -0.2) is 21.7 Å². The molecule has 1 N–H and O–H groups in total. The monoisotopic (exact) mass is 368 g/mol. The molecule has 0 fully saturated rings. The summed E-state index contributed by atoms with van der Waals surface area (Å²) >= 11 is 2.88. The molecule has 2 heterocycles. The molecule has 0 saturated carbocycles. The summed E-state index contributed by atoms with van der Waals surface area (Å²) in [4.78, 5) is 18.2. The third-order valence-corrected chi connectivity index (χ3v) is 5.66. The van der Waals surface area contributed by atoms with Crippen molar-refractivity contribution in [1.82, 2.24) is 9.55 Å². The van der Waals surface area contributed by atoms with E-state index in [1.165, 1.54) is 23.1 Å². The van der Waals surface area contributed by atoms with E-state index in [2.05, 4.69) is 16.4 Å². The van der Waals surface area contributed by atoms with Crippen molar-refractivity contribution >= 4 is 34.0 Å². The smallest absolute Gasteiger partial charge is 0.274 e. The summed E-state index contributed by atoms with van der Waals surface area (Å²) in [6.07, 6.45) is 3.48. The number of thioether (sulfide) groups is 1. The van der Waals surface area contributed by atoms with E-state index >= 15 is 0 Å². The van der Waals surface area contributed by atoms with Crippen LogP contribution in [0.5, 0.6) is 0 Å². The summed E-state index contributed by atoms with van der Waals surface area (Å²) in [6, 6.07) is 11.8. The molecular formula is C18H16N4OS2. The van der Waals surface area contributed by atoms with Crippen LogP contribution >= 0.6 is 23.1 Å². The first-order valence-electron chi connectivity index (χ1n) is 7.55. The molecule has 3 rings (SSSR count). The van der Waals surface area contributed by atoms with E-state index in [0.717, 1.165) is 21.3 Å². The van der Waals surface area contributed by atoms with E-state index in [1.54, 1.807) is 6.20 Å². The molecule has 0 aliphatic carbocycles. The number of anilines is 1. The molecular weight excluding hydrogens is 352 g/mol. The van der Waals surface area contributed by atoms with Crippen molar-refractivity contribution in [2.45, 2.75) is 19.0 Å². The highest BCUT2D eigenvalue weighted by Gasteiger charge is 2.20. The number of nitriles is 1. The SMILES string of the molecule is CSc1ncc(C(=O)Nc2sc(C)c(C)c2C#N)n1-c1ccccc1. The number of aromatic nitrogens is 2. The fourth-order valence-electron chi connectivity index (χ4n) is 2.48. The number of para-hydroxylation sites is 1. The van der Waals surface area contributed by atoms with E-state index in [1.807, 2.05) is 55.0 Å². The molecule has 0 spiro atoms. The quantitative estimate of drug-likeness (QED) is 0.693. The molecule has 5 nitrogen and oxygen atoms in total. The molecule has 0 saturated heterocycles. The summed E-state index contributed by atoms with van der Waals surface area (Å²) in [5.41, 5.74) is 2.73. The Morgan fingerprint density at radius 1 is 1.32 bits per heavy atom. The highest BCUT2D eigenvalue weighted by atomic mass is 32.2. The lowest BCUT2D eigenvalue weighted by molar-refractivity contribution is 0.102. The number of carbonyl (C=O) groups is 1. The van der Waals surface area contributed by atoms with Gasteiger partial charge in [-0.15, -0.1) is 11.3 Å². The molecule has 0 aliphatic heterocycles. The fourth-order valence-corrected chi connectivity index (χ4v) is 4.03. The van der Waals surface area contributed by atoms with Crippen molar-refractivity contribution in [2.24, 2.45) is 0 Å². The molecule has 3 aromatic rings. The molecule has 1 amide bonds. The number of rotatable bonds is 4. The number of thiophene rings is 1. The molecule has 2 aromatic heterocycles. The first kappa shape index (κ1) is 17.3. The van der Waals surface area contributed by atoms with Crippen LogP contribution in [0.2, 0.25) is 0 Å². The summed E-state index contributed by atoms with van der Waals surface area (Å²) in [5.74, 6) is -0.283. The Morgan fingerprint density at radius 2 is 2.04 bits per heavy atom. The number of imidazole rings is 1. The third-order valence-electron chi connectivity index (χ3n) is 3.88. The normalized spacial score (nSPS) is 10.5. The summed E-state index contributed by atoms with van der Waals surface area (Å²) in [6.45, 7) is 3.83. The summed E-state index contributed by atoms with van der Waals surface area (Å²) in [5, 5.41) is 13.5. The number of hydrogen-bond donors (Lipinski definition) is 1. The van der Waals surface area contributed by atoms with Crippen molar-refractivity contribution in [3.63, 3.8) is 0 Å². The van der Waals surface area contributed by atoms with Gasteiger partial charge in [-0.1, -0.05) is 30.0 Å². The molecule has 0 bridgehead atoms. The lowest BCUT2D eigenvalue weighted by Crippen LogP contribution is -2.16. The molecule has 0 aliphatic rings. The molecule has 1 aromatic carbocycles. The standard InChI is InChI=1S/C18H16N4OS2/c1-11-12(2)25-17(14(11)9-19)21-16(23)15-10-20-18(24-3)22(15)13-7-5-4-6-8-13/h4-8,10H,1-3H3,(H,21,23). The van der Waals surface area contributed by atoms with Crippen molar-refractivity contribution in [1.29, 1.82) is 5.26 Å². The number of nitrogens with zero attached hydrogens (tertiary/aromatic N) is 3. The molecule has 0 unspecified atom stereocenters. The molecule has 7 heteroatoms. The third kappa shape index (κ3) is 3.18. The van der Waals surface area contributed by atoms with Crippen LogP contribution in [0.4, 0.5) is 5.00 Å². The van der Waals surface area contributed by atoms with Gasteiger partial charge in [0.25, 0.3) is 5.91 Å². The first-order valence-corrected chi connectivity index (χ1v) is 9.59. The topological polar surface area (TPSA) is 70.7 Å². The van der Waals surface area contributed by atoms with Gasteiger partial charge in [-0.25, -0.2) is 4.98 Å². The minimum absolute atomic E-state index is 0.283. The van der Waals surface area contributed by atoms with Gasteiger partial charge in [-0.2, -0.15) is 5.26 Å². The van der Waals surface area contributed by atoms with E-state index < -0.39 is 0 Å². The van der Waals surface area contributed by atoms with E-state index in [0.29, 0.717) is 16.3 Å². The van der Waals surface area contributed by atoms with Crippen LogP contribution in [-0.2, 0) is 0 Å².